The number of rotatable bonds is 7. The van der Waals surface area contributed by atoms with Crippen molar-refractivity contribution in [3.63, 3.8) is 0 Å². The molecule has 16 heteroatoms. The van der Waals surface area contributed by atoms with Gasteiger partial charge < -0.3 is 4.74 Å². The molecule has 0 radical (unpaired) electrons. The smallest absolute Gasteiger partial charge is 0.416 e. The van der Waals surface area contributed by atoms with Gasteiger partial charge in [-0.2, -0.15) is 13.2 Å². The Morgan fingerprint density at radius 2 is 1.43 bits per heavy atom. The molecule has 3 aromatic rings. The maximum atomic E-state index is 12.9. The van der Waals surface area contributed by atoms with E-state index in [1.165, 1.54) is 24.3 Å². The predicted octanol–water partition coefficient (Wildman–Crippen LogP) is 4.30. The van der Waals surface area contributed by atoms with Crippen molar-refractivity contribution >= 4 is 44.6 Å². The van der Waals surface area contributed by atoms with Gasteiger partial charge in [0.25, 0.3) is 11.4 Å². The molecule has 3 rings (SSSR count). The van der Waals surface area contributed by atoms with E-state index in [9.17, 15) is 52.5 Å². The number of hydrogen-bond acceptors (Lipinski definition) is 9. The van der Waals surface area contributed by atoms with Crippen molar-refractivity contribution in [2.24, 2.45) is 0 Å². The molecule has 0 aliphatic heterocycles. The van der Waals surface area contributed by atoms with Gasteiger partial charge in [0.2, 0.25) is 5.75 Å². The Labute approximate surface area is 193 Å². The lowest BCUT2D eigenvalue weighted by molar-refractivity contribution is -0.393. The zero-order valence-electron chi connectivity index (χ0n) is 16.9. The Bertz CT molecular complexity index is 1430. The van der Waals surface area contributed by atoms with Crippen LogP contribution in [0.2, 0.25) is 0 Å². The van der Waals surface area contributed by atoms with Gasteiger partial charge in [0, 0.05) is 11.5 Å². The van der Waals surface area contributed by atoms with Gasteiger partial charge >= 0.3 is 17.8 Å². The van der Waals surface area contributed by atoms with Gasteiger partial charge in [0.15, 0.2) is 0 Å². The summed E-state index contributed by atoms with van der Waals surface area (Å²) in [5.74, 6) is -3.20. The minimum absolute atomic E-state index is 0.106. The standard InChI is InChI=1S/C19H10F3N3O9S/c20-19(21,22)10-5-6-16(14(7-10)24(29)30)35(33)9-17(26)34-18-12-4-2-1-3-11(12)13(23(27)28)8-15(18)25(31)32/h1-8H,9H2. The Balaban J connectivity index is 1.98. The van der Waals surface area contributed by atoms with Gasteiger partial charge in [0.1, 0.15) is 10.6 Å². The summed E-state index contributed by atoms with van der Waals surface area (Å²) in [6.45, 7) is 0. The third-order valence-corrected chi connectivity index (χ3v) is 5.87. The zero-order chi connectivity index (χ0) is 26.1. The van der Waals surface area contributed by atoms with E-state index >= 15 is 0 Å². The van der Waals surface area contributed by atoms with Gasteiger partial charge in [0.05, 0.1) is 42.6 Å². The van der Waals surface area contributed by atoms with Crippen molar-refractivity contribution in [3.8, 4) is 5.75 Å². The summed E-state index contributed by atoms with van der Waals surface area (Å²) in [5.41, 5.74) is -4.12. The van der Waals surface area contributed by atoms with Crippen LogP contribution in [-0.2, 0) is 21.8 Å². The third-order valence-electron chi connectivity index (χ3n) is 4.54. The van der Waals surface area contributed by atoms with Crippen LogP contribution < -0.4 is 4.74 Å². The number of ether oxygens (including phenoxy) is 1. The average molecular weight is 513 g/mol. The summed E-state index contributed by atoms with van der Waals surface area (Å²) in [5, 5.41) is 33.7. The van der Waals surface area contributed by atoms with Crippen LogP contribution in [0, 0.1) is 30.3 Å². The second kappa shape index (κ2) is 9.41. The number of alkyl halides is 3. The molecule has 0 amide bonds. The molecule has 3 aromatic carbocycles. The first-order valence-electron chi connectivity index (χ1n) is 9.10. The van der Waals surface area contributed by atoms with Gasteiger partial charge in [-0.3, -0.25) is 39.3 Å². The largest absolute Gasteiger partial charge is 0.418 e. The van der Waals surface area contributed by atoms with E-state index in [4.69, 9.17) is 4.74 Å². The van der Waals surface area contributed by atoms with Crippen LogP contribution in [-0.4, -0.2) is 30.7 Å². The lowest BCUT2D eigenvalue weighted by Crippen LogP contribution is -2.19. The monoisotopic (exact) mass is 513 g/mol. The molecule has 182 valence electrons. The molecule has 0 saturated carbocycles. The number of nitrogens with zero attached hydrogens (tertiary/aromatic N) is 3. The Kier molecular flexibility index (Phi) is 6.77. The summed E-state index contributed by atoms with van der Waals surface area (Å²) >= 11 is 0. The molecule has 0 N–H and O–H groups in total. The molecule has 0 heterocycles. The average Bonchev–Trinajstić information content (AvgIpc) is 2.77. The van der Waals surface area contributed by atoms with Gasteiger partial charge in [-0.15, -0.1) is 0 Å². The quantitative estimate of drug-likeness (QED) is 0.193. The Morgan fingerprint density at radius 3 is 1.97 bits per heavy atom. The predicted molar refractivity (Wildman–Crippen MR) is 112 cm³/mol. The van der Waals surface area contributed by atoms with E-state index in [0.717, 1.165) is 0 Å². The highest BCUT2D eigenvalue weighted by molar-refractivity contribution is 7.86. The van der Waals surface area contributed by atoms with Gasteiger partial charge in [-0.1, -0.05) is 18.2 Å². The van der Waals surface area contributed by atoms with Gasteiger partial charge in [-0.25, -0.2) is 0 Å². The molecule has 0 aliphatic rings. The molecular weight excluding hydrogens is 503 g/mol. The molecule has 0 spiro atoms. The number of fused-ring (bicyclic) bond motifs is 1. The number of hydrogen-bond donors (Lipinski definition) is 0. The first-order valence-corrected chi connectivity index (χ1v) is 10.4. The van der Waals surface area contributed by atoms with Crippen molar-refractivity contribution in [2.45, 2.75) is 11.1 Å². The second-order valence-corrected chi connectivity index (χ2v) is 8.12. The fourth-order valence-electron chi connectivity index (χ4n) is 3.07. The molecule has 0 fully saturated rings. The number of esters is 1. The number of nitro benzene ring substituents is 3. The van der Waals surface area contributed by atoms with Crippen molar-refractivity contribution in [2.75, 3.05) is 5.75 Å². The number of carbonyl (C=O) groups excluding carboxylic acids is 1. The van der Waals surface area contributed by atoms with Crippen LogP contribution in [0.3, 0.4) is 0 Å². The molecule has 12 nitrogen and oxygen atoms in total. The van der Waals surface area contributed by atoms with E-state index in [0.29, 0.717) is 18.2 Å². The lowest BCUT2D eigenvalue weighted by Gasteiger charge is -2.10. The first-order chi connectivity index (χ1) is 16.3. The molecule has 35 heavy (non-hydrogen) atoms. The van der Waals surface area contributed by atoms with Crippen LogP contribution in [0.4, 0.5) is 30.2 Å². The van der Waals surface area contributed by atoms with E-state index in [1.807, 2.05) is 0 Å². The normalized spacial score (nSPS) is 12.2. The second-order valence-electron chi connectivity index (χ2n) is 6.71. The van der Waals surface area contributed by atoms with Crippen molar-refractivity contribution in [1.82, 2.24) is 0 Å². The molecule has 1 unspecified atom stereocenters. The van der Waals surface area contributed by atoms with Crippen molar-refractivity contribution < 1.29 is 41.7 Å². The molecule has 0 aromatic heterocycles. The molecule has 0 bridgehead atoms. The van der Waals surface area contributed by atoms with Crippen LogP contribution in [0.15, 0.2) is 53.4 Å². The SMILES string of the molecule is O=C(CS(=O)c1ccc(C(F)(F)F)cc1[N+](=O)[O-])Oc1c([N+](=O)[O-])cc([N+](=O)[O-])c2ccccc12. The maximum absolute atomic E-state index is 12.9. The molecular formula is C19H10F3N3O9S. The summed E-state index contributed by atoms with van der Waals surface area (Å²) in [7, 11) is -2.58. The molecule has 0 aliphatic carbocycles. The summed E-state index contributed by atoms with van der Waals surface area (Å²) in [6, 6.07) is 6.96. The number of non-ortho nitro benzene ring substituents is 1. The first kappa shape index (κ1) is 25.2. The van der Waals surface area contributed by atoms with Crippen LogP contribution in [0.1, 0.15) is 5.56 Å². The lowest BCUT2D eigenvalue weighted by atomic mass is 10.1. The minimum Gasteiger partial charge on any atom is -0.418 e. The maximum Gasteiger partial charge on any atom is 0.416 e. The number of nitro groups is 3. The highest BCUT2D eigenvalue weighted by atomic mass is 32.2. The van der Waals surface area contributed by atoms with Gasteiger partial charge in [-0.05, 0) is 18.2 Å². The summed E-state index contributed by atoms with van der Waals surface area (Å²) in [4.78, 5) is 42.6. The fraction of sp³-hybridized carbons (Fsp3) is 0.105. The van der Waals surface area contributed by atoms with E-state index in [2.05, 4.69) is 0 Å². The fourth-order valence-corrected chi connectivity index (χ4v) is 4.08. The van der Waals surface area contributed by atoms with Crippen molar-refractivity contribution in [1.29, 1.82) is 0 Å². The van der Waals surface area contributed by atoms with Crippen LogP contribution in [0.5, 0.6) is 5.75 Å². The minimum atomic E-state index is -4.92. The summed E-state index contributed by atoms with van der Waals surface area (Å²) in [6.07, 6.45) is -4.92. The summed E-state index contributed by atoms with van der Waals surface area (Å²) < 4.78 is 56.1. The number of halogens is 3. The van der Waals surface area contributed by atoms with Crippen LogP contribution >= 0.6 is 0 Å². The Hall–Kier alpha value is -4.47. The van der Waals surface area contributed by atoms with Crippen molar-refractivity contribution in [3.05, 3.63) is 84.4 Å². The van der Waals surface area contributed by atoms with E-state index in [-0.39, 0.29) is 16.8 Å². The van der Waals surface area contributed by atoms with E-state index in [1.54, 1.807) is 0 Å². The Morgan fingerprint density at radius 1 is 0.857 bits per heavy atom. The van der Waals surface area contributed by atoms with E-state index < -0.39 is 76.7 Å². The third kappa shape index (κ3) is 5.21. The highest BCUT2D eigenvalue weighted by Crippen LogP contribution is 2.41. The topological polar surface area (TPSA) is 173 Å². The number of carbonyl (C=O) groups is 1. The number of benzene rings is 3. The zero-order valence-corrected chi connectivity index (χ0v) is 17.7. The highest BCUT2D eigenvalue weighted by Gasteiger charge is 2.34. The molecule has 0 saturated heterocycles. The van der Waals surface area contributed by atoms with Crippen LogP contribution in [0.25, 0.3) is 10.8 Å². The molecule has 1 atom stereocenters.